The predicted octanol–water partition coefficient (Wildman–Crippen LogP) is 3.48. The van der Waals surface area contributed by atoms with Crippen LogP contribution in [0.5, 0.6) is 0 Å². The van der Waals surface area contributed by atoms with E-state index in [0.29, 0.717) is 10.6 Å². The number of ketones is 1. The largest absolute Gasteiger partial charge is 0.383 e. The highest BCUT2D eigenvalue weighted by Crippen LogP contribution is 2.29. The molecule has 0 amide bonds. The topological polar surface area (TPSA) is 56.0 Å². The third-order valence-electron chi connectivity index (χ3n) is 3.19. The van der Waals surface area contributed by atoms with E-state index in [1.807, 2.05) is 44.2 Å². The number of carbonyl (C=O) groups is 1. The van der Waals surface area contributed by atoms with Crippen molar-refractivity contribution in [3.63, 3.8) is 0 Å². The second kappa shape index (κ2) is 5.02. The molecular formula is C15H15ClN2O. The number of nitrogens with zero attached hydrogens (tertiary/aromatic N) is 1. The van der Waals surface area contributed by atoms with Crippen LogP contribution in [0.4, 0.5) is 5.82 Å². The van der Waals surface area contributed by atoms with Crippen LogP contribution in [0.1, 0.15) is 29.8 Å². The third-order valence-corrected chi connectivity index (χ3v) is 3.40. The fourth-order valence-electron chi connectivity index (χ4n) is 1.95. The molecule has 1 aromatic heterocycles. The minimum absolute atomic E-state index is 0.0915. The highest BCUT2D eigenvalue weighted by atomic mass is 35.5. The number of Topliss-reactive ketones (excluding diaryl/α,β-unsaturated/α-hetero) is 1. The number of aromatic nitrogens is 1. The van der Waals surface area contributed by atoms with E-state index in [1.165, 1.54) is 6.20 Å². The number of benzene rings is 1. The molecule has 0 aliphatic heterocycles. The van der Waals surface area contributed by atoms with E-state index in [1.54, 1.807) is 6.07 Å². The van der Waals surface area contributed by atoms with Crippen molar-refractivity contribution in [3.8, 4) is 0 Å². The Labute approximate surface area is 117 Å². The minimum Gasteiger partial charge on any atom is -0.383 e. The van der Waals surface area contributed by atoms with Gasteiger partial charge in [0.15, 0.2) is 5.78 Å². The molecule has 1 aromatic carbocycles. The summed E-state index contributed by atoms with van der Waals surface area (Å²) in [5.74, 6) is 0.115. The number of hydrogen-bond acceptors (Lipinski definition) is 3. The molecule has 0 saturated carbocycles. The number of carbonyl (C=O) groups excluding carboxylic acids is 1. The van der Waals surface area contributed by atoms with Gasteiger partial charge in [0.05, 0.1) is 16.0 Å². The van der Waals surface area contributed by atoms with Crippen LogP contribution >= 0.6 is 11.6 Å². The Morgan fingerprint density at radius 1 is 1.26 bits per heavy atom. The number of rotatable bonds is 3. The first kappa shape index (κ1) is 13.6. The van der Waals surface area contributed by atoms with Gasteiger partial charge in [0, 0.05) is 6.20 Å². The van der Waals surface area contributed by atoms with Crippen LogP contribution in [-0.4, -0.2) is 10.8 Å². The molecule has 0 spiro atoms. The summed E-state index contributed by atoms with van der Waals surface area (Å²) in [5, 5.41) is 0.404. The van der Waals surface area contributed by atoms with Gasteiger partial charge in [-0.15, -0.1) is 0 Å². The molecule has 3 nitrogen and oxygen atoms in total. The first-order chi connectivity index (χ1) is 8.93. The van der Waals surface area contributed by atoms with Gasteiger partial charge < -0.3 is 5.73 Å². The second-order valence-corrected chi connectivity index (χ2v) is 5.34. The lowest BCUT2D eigenvalue weighted by Gasteiger charge is -2.24. The number of hydrogen-bond donors (Lipinski definition) is 1. The summed E-state index contributed by atoms with van der Waals surface area (Å²) in [7, 11) is 0. The molecule has 0 saturated heterocycles. The minimum atomic E-state index is -0.679. The van der Waals surface area contributed by atoms with Crippen LogP contribution in [0, 0.1) is 0 Å². The molecule has 0 atom stereocenters. The van der Waals surface area contributed by atoms with Gasteiger partial charge in [0.25, 0.3) is 0 Å². The van der Waals surface area contributed by atoms with E-state index >= 15 is 0 Å². The van der Waals surface area contributed by atoms with E-state index in [-0.39, 0.29) is 11.6 Å². The molecule has 0 aliphatic carbocycles. The maximum Gasteiger partial charge on any atom is 0.176 e. The predicted molar refractivity (Wildman–Crippen MR) is 77.5 cm³/mol. The number of pyridine rings is 1. The molecule has 0 radical (unpaired) electrons. The summed E-state index contributed by atoms with van der Waals surface area (Å²) in [4.78, 5) is 16.6. The van der Waals surface area contributed by atoms with E-state index in [4.69, 9.17) is 17.3 Å². The second-order valence-electron chi connectivity index (χ2n) is 4.91. The molecule has 2 rings (SSSR count). The van der Waals surface area contributed by atoms with Crippen LogP contribution < -0.4 is 5.73 Å². The Bertz CT molecular complexity index is 609. The van der Waals surface area contributed by atoms with Crippen molar-refractivity contribution < 1.29 is 4.79 Å². The van der Waals surface area contributed by atoms with Crippen molar-refractivity contribution >= 4 is 23.2 Å². The fraction of sp³-hybridized carbons (Fsp3) is 0.200. The Balaban J connectivity index is 2.46. The van der Waals surface area contributed by atoms with Crippen LogP contribution in [-0.2, 0) is 5.41 Å². The number of nitrogen functional groups attached to an aromatic ring is 1. The molecule has 2 N–H and O–H groups in total. The van der Waals surface area contributed by atoms with Gasteiger partial charge in [-0.3, -0.25) is 4.79 Å². The molecule has 98 valence electrons. The van der Waals surface area contributed by atoms with Gasteiger partial charge >= 0.3 is 0 Å². The lowest BCUT2D eigenvalue weighted by molar-refractivity contribution is 0.0909. The van der Waals surface area contributed by atoms with Gasteiger partial charge in [-0.1, -0.05) is 41.9 Å². The van der Waals surface area contributed by atoms with E-state index in [0.717, 1.165) is 5.56 Å². The molecule has 0 fully saturated rings. The lowest BCUT2D eigenvalue weighted by atomic mass is 9.78. The zero-order chi connectivity index (χ0) is 14.0. The van der Waals surface area contributed by atoms with Crippen LogP contribution in [0.15, 0.2) is 42.6 Å². The summed E-state index contributed by atoms with van der Waals surface area (Å²) in [6.07, 6.45) is 1.43. The van der Waals surface area contributed by atoms with E-state index in [2.05, 4.69) is 4.98 Å². The Morgan fingerprint density at radius 3 is 2.53 bits per heavy atom. The molecule has 0 aliphatic rings. The van der Waals surface area contributed by atoms with Crippen LogP contribution in [0.3, 0.4) is 0 Å². The van der Waals surface area contributed by atoms with Gasteiger partial charge in [-0.25, -0.2) is 4.98 Å². The zero-order valence-electron chi connectivity index (χ0n) is 10.9. The number of halogens is 1. The molecule has 0 unspecified atom stereocenters. The van der Waals surface area contributed by atoms with Crippen molar-refractivity contribution in [2.75, 3.05) is 5.73 Å². The first-order valence-corrected chi connectivity index (χ1v) is 6.32. The van der Waals surface area contributed by atoms with Gasteiger partial charge in [-0.05, 0) is 25.5 Å². The molecule has 1 heterocycles. The van der Waals surface area contributed by atoms with Crippen molar-refractivity contribution in [1.82, 2.24) is 4.98 Å². The van der Waals surface area contributed by atoms with Crippen molar-refractivity contribution in [2.24, 2.45) is 0 Å². The third kappa shape index (κ3) is 2.61. The summed E-state index contributed by atoms with van der Waals surface area (Å²) in [6.45, 7) is 3.73. The van der Waals surface area contributed by atoms with E-state index in [9.17, 15) is 4.79 Å². The maximum absolute atomic E-state index is 12.7. The monoisotopic (exact) mass is 274 g/mol. The average molecular weight is 275 g/mol. The normalized spacial score (nSPS) is 11.3. The van der Waals surface area contributed by atoms with Gasteiger partial charge in [0.2, 0.25) is 0 Å². The van der Waals surface area contributed by atoms with E-state index < -0.39 is 5.41 Å². The average Bonchev–Trinajstić information content (AvgIpc) is 2.41. The van der Waals surface area contributed by atoms with Gasteiger partial charge in [0.1, 0.15) is 5.82 Å². The fourth-order valence-corrected chi connectivity index (χ4v) is 2.11. The number of nitrogens with two attached hydrogens (primary N) is 1. The van der Waals surface area contributed by atoms with Crippen LogP contribution in [0.2, 0.25) is 5.02 Å². The summed E-state index contributed by atoms with van der Waals surface area (Å²) >= 11 is 5.89. The first-order valence-electron chi connectivity index (χ1n) is 5.94. The molecule has 4 heteroatoms. The summed E-state index contributed by atoms with van der Waals surface area (Å²) in [5.41, 5.74) is 6.39. The smallest absolute Gasteiger partial charge is 0.176 e. The zero-order valence-corrected chi connectivity index (χ0v) is 11.6. The summed E-state index contributed by atoms with van der Waals surface area (Å²) in [6, 6.07) is 11.1. The maximum atomic E-state index is 12.7. The molecular weight excluding hydrogens is 260 g/mol. The highest BCUT2D eigenvalue weighted by Gasteiger charge is 2.32. The SMILES string of the molecule is CC(C)(C(=O)c1cc(Cl)cnc1N)c1ccccc1. The van der Waals surface area contributed by atoms with Crippen molar-refractivity contribution in [2.45, 2.75) is 19.3 Å². The Kier molecular flexibility index (Phi) is 3.58. The van der Waals surface area contributed by atoms with Crippen molar-refractivity contribution in [3.05, 3.63) is 58.7 Å². The molecule has 19 heavy (non-hydrogen) atoms. The van der Waals surface area contributed by atoms with Gasteiger partial charge in [-0.2, -0.15) is 0 Å². The standard InChI is InChI=1S/C15H15ClN2O/c1-15(2,10-6-4-3-5-7-10)13(19)12-8-11(16)9-18-14(12)17/h3-9H,1-2H3,(H2,17,18). The molecule has 2 aromatic rings. The van der Waals surface area contributed by atoms with Crippen LogP contribution in [0.25, 0.3) is 0 Å². The lowest BCUT2D eigenvalue weighted by Crippen LogP contribution is -2.30. The summed E-state index contributed by atoms with van der Waals surface area (Å²) < 4.78 is 0. The van der Waals surface area contributed by atoms with Crippen molar-refractivity contribution in [1.29, 1.82) is 0 Å². The quantitative estimate of drug-likeness (QED) is 0.872. The highest BCUT2D eigenvalue weighted by molar-refractivity contribution is 6.31. The Hall–Kier alpha value is -1.87. The molecule has 0 bridgehead atoms. The number of anilines is 1. The Morgan fingerprint density at radius 2 is 1.89 bits per heavy atom.